The average Bonchev–Trinajstić information content (AvgIpc) is 2.98. The molecule has 158 valence electrons. The molecule has 0 radical (unpaired) electrons. The third-order valence-electron chi connectivity index (χ3n) is 4.40. The lowest BCUT2D eigenvalue weighted by Crippen LogP contribution is -2.22. The zero-order chi connectivity index (χ0) is 21.7. The first-order chi connectivity index (χ1) is 14.3. The highest BCUT2D eigenvalue weighted by Crippen LogP contribution is 2.23. The Morgan fingerprint density at radius 3 is 2.63 bits per heavy atom. The van der Waals surface area contributed by atoms with E-state index in [-0.39, 0.29) is 36.1 Å². The van der Waals surface area contributed by atoms with Gasteiger partial charge in [0.2, 0.25) is 0 Å². The molecule has 0 aliphatic carbocycles. The van der Waals surface area contributed by atoms with Crippen LogP contribution < -0.4 is 9.46 Å². The summed E-state index contributed by atoms with van der Waals surface area (Å²) in [7, 11) is -3.61. The van der Waals surface area contributed by atoms with Crippen molar-refractivity contribution in [2.45, 2.75) is 31.8 Å². The SMILES string of the molecule is CCOc1ccc(C(C)=O)cc1COC(=O)CCN=C1NS(=O)(=O)c2ccccc21. The molecule has 1 N–H and O–H groups in total. The van der Waals surface area contributed by atoms with E-state index in [1.54, 1.807) is 36.4 Å². The molecule has 0 saturated heterocycles. The van der Waals surface area contributed by atoms with E-state index in [0.29, 0.717) is 29.0 Å². The third-order valence-corrected chi connectivity index (χ3v) is 5.80. The lowest BCUT2D eigenvalue weighted by molar-refractivity contribution is -0.144. The van der Waals surface area contributed by atoms with Gasteiger partial charge in [-0.1, -0.05) is 12.1 Å². The second kappa shape index (κ2) is 9.08. The van der Waals surface area contributed by atoms with Crippen LogP contribution in [0.5, 0.6) is 5.75 Å². The normalized spacial score (nSPS) is 15.3. The second-order valence-electron chi connectivity index (χ2n) is 6.55. The van der Waals surface area contributed by atoms with Gasteiger partial charge in [-0.3, -0.25) is 19.3 Å². The molecule has 0 unspecified atom stereocenters. The number of esters is 1. The van der Waals surface area contributed by atoms with Gasteiger partial charge in [-0.2, -0.15) is 0 Å². The number of carbonyl (C=O) groups excluding carboxylic acids is 2. The highest BCUT2D eigenvalue weighted by Gasteiger charge is 2.29. The van der Waals surface area contributed by atoms with Gasteiger partial charge in [-0.05, 0) is 44.2 Å². The van der Waals surface area contributed by atoms with Crippen LogP contribution >= 0.6 is 0 Å². The molecule has 30 heavy (non-hydrogen) atoms. The van der Waals surface area contributed by atoms with Crippen LogP contribution in [-0.2, 0) is 26.2 Å². The van der Waals surface area contributed by atoms with Crippen molar-refractivity contribution in [3.63, 3.8) is 0 Å². The van der Waals surface area contributed by atoms with Crippen molar-refractivity contribution in [2.75, 3.05) is 13.2 Å². The Hall–Kier alpha value is -3.20. The molecule has 0 atom stereocenters. The number of Topliss-reactive ketones (excluding diaryl/α,β-unsaturated/α-hetero) is 1. The Morgan fingerprint density at radius 2 is 1.90 bits per heavy atom. The highest BCUT2D eigenvalue weighted by atomic mass is 32.2. The van der Waals surface area contributed by atoms with Gasteiger partial charge in [0, 0.05) is 16.7 Å². The van der Waals surface area contributed by atoms with Crippen molar-refractivity contribution >= 4 is 27.6 Å². The minimum Gasteiger partial charge on any atom is -0.493 e. The number of ether oxygens (including phenoxy) is 2. The Morgan fingerprint density at radius 1 is 1.13 bits per heavy atom. The minimum atomic E-state index is -3.61. The molecule has 1 heterocycles. The molecule has 0 saturated carbocycles. The lowest BCUT2D eigenvalue weighted by atomic mass is 10.1. The quantitative estimate of drug-likeness (QED) is 0.509. The summed E-state index contributed by atoms with van der Waals surface area (Å²) in [6.45, 7) is 3.76. The number of nitrogens with one attached hydrogen (secondary N) is 1. The van der Waals surface area contributed by atoms with E-state index in [2.05, 4.69) is 9.71 Å². The maximum absolute atomic E-state index is 12.1. The predicted molar refractivity (Wildman–Crippen MR) is 110 cm³/mol. The third kappa shape index (κ3) is 4.85. The first-order valence-corrected chi connectivity index (χ1v) is 10.9. The molecule has 0 aromatic heterocycles. The highest BCUT2D eigenvalue weighted by molar-refractivity contribution is 7.90. The number of amidine groups is 1. The minimum absolute atomic E-state index is 0.0240. The van der Waals surface area contributed by atoms with Crippen LogP contribution in [-0.4, -0.2) is 39.2 Å². The number of sulfonamides is 1. The van der Waals surface area contributed by atoms with Crippen LogP contribution in [0.4, 0.5) is 0 Å². The molecule has 1 aliphatic rings. The summed E-state index contributed by atoms with van der Waals surface area (Å²) in [5, 5.41) is 0. The number of ketones is 1. The molecule has 9 heteroatoms. The Bertz CT molecular complexity index is 1110. The lowest BCUT2D eigenvalue weighted by Gasteiger charge is -2.12. The van der Waals surface area contributed by atoms with E-state index in [1.165, 1.54) is 13.0 Å². The van der Waals surface area contributed by atoms with Crippen molar-refractivity contribution in [1.82, 2.24) is 4.72 Å². The van der Waals surface area contributed by atoms with Crippen molar-refractivity contribution in [2.24, 2.45) is 4.99 Å². The van der Waals surface area contributed by atoms with Crippen molar-refractivity contribution in [1.29, 1.82) is 0 Å². The van der Waals surface area contributed by atoms with Crippen LogP contribution in [0.15, 0.2) is 52.4 Å². The Labute approximate surface area is 175 Å². The number of hydrogen-bond donors (Lipinski definition) is 1. The van der Waals surface area contributed by atoms with Gasteiger partial charge < -0.3 is 9.47 Å². The summed E-state index contributed by atoms with van der Waals surface area (Å²) in [6, 6.07) is 11.5. The standard InChI is InChI=1S/C21H22N2O6S/c1-3-28-18-9-8-15(14(2)24)12-16(18)13-29-20(25)10-11-22-21-17-6-4-5-7-19(17)30(26,27)23-21/h4-9,12H,3,10-11,13H2,1-2H3,(H,22,23). The Kier molecular flexibility index (Phi) is 6.51. The molecule has 8 nitrogen and oxygen atoms in total. The van der Waals surface area contributed by atoms with Crippen LogP contribution in [0.3, 0.4) is 0 Å². The molecule has 0 fully saturated rings. The summed E-state index contributed by atoms with van der Waals surface area (Å²) in [5.41, 5.74) is 1.58. The number of fused-ring (bicyclic) bond motifs is 1. The molecule has 1 aliphatic heterocycles. The maximum atomic E-state index is 12.1. The summed E-state index contributed by atoms with van der Waals surface area (Å²) in [4.78, 5) is 28.1. The largest absolute Gasteiger partial charge is 0.493 e. The van der Waals surface area contributed by atoms with E-state index < -0.39 is 16.0 Å². The molecular formula is C21H22N2O6S. The zero-order valence-electron chi connectivity index (χ0n) is 16.7. The summed E-state index contributed by atoms with van der Waals surface area (Å²) >= 11 is 0. The first-order valence-electron chi connectivity index (χ1n) is 9.40. The number of carbonyl (C=O) groups is 2. The summed E-state index contributed by atoms with van der Waals surface area (Å²) < 4.78 is 37.3. The van der Waals surface area contributed by atoms with E-state index in [0.717, 1.165) is 0 Å². The van der Waals surface area contributed by atoms with Gasteiger partial charge in [0.25, 0.3) is 10.0 Å². The molecule has 0 amide bonds. The molecular weight excluding hydrogens is 408 g/mol. The number of benzene rings is 2. The summed E-state index contributed by atoms with van der Waals surface area (Å²) in [5.74, 6) is 0.170. The van der Waals surface area contributed by atoms with Crippen LogP contribution in [0.2, 0.25) is 0 Å². The van der Waals surface area contributed by atoms with Crippen LogP contribution in [0.25, 0.3) is 0 Å². The van der Waals surface area contributed by atoms with Crippen LogP contribution in [0, 0.1) is 0 Å². The molecule has 2 aromatic carbocycles. The Balaban J connectivity index is 1.61. The smallest absolute Gasteiger partial charge is 0.308 e. The van der Waals surface area contributed by atoms with E-state index in [1.807, 2.05) is 6.92 Å². The second-order valence-corrected chi connectivity index (χ2v) is 8.21. The molecule has 2 aromatic rings. The number of aliphatic imine (C=N–C) groups is 1. The van der Waals surface area contributed by atoms with E-state index in [4.69, 9.17) is 9.47 Å². The number of nitrogens with zero attached hydrogens (tertiary/aromatic N) is 1. The van der Waals surface area contributed by atoms with E-state index in [9.17, 15) is 18.0 Å². The number of hydrogen-bond acceptors (Lipinski definition) is 7. The van der Waals surface area contributed by atoms with Crippen molar-refractivity contribution in [3.05, 3.63) is 59.2 Å². The van der Waals surface area contributed by atoms with E-state index >= 15 is 0 Å². The fraction of sp³-hybridized carbons (Fsp3) is 0.286. The fourth-order valence-electron chi connectivity index (χ4n) is 2.95. The fourth-order valence-corrected chi connectivity index (χ4v) is 4.20. The average molecular weight is 430 g/mol. The monoisotopic (exact) mass is 430 g/mol. The molecule has 0 spiro atoms. The van der Waals surface area contributed by atoms with Gasteiger partial charge >= 0.3 is 5.97 Å². The van der Waals surface area contributed by atoms with Crippen molar-refractivity contribution < 1.29 is 27.5 Å². The predicted octanol–water partition coefficient (Wildman–Crippen LogP) is 2.46. The topological polar surface area (TPSA) is 111 Å². The van der Waals surface area contributed by atoms with Crippen LogP contribution in [0.1, 0.15) is 41.8 Å². The van der Waals surface area contributed by atoms with Gasteiger partial charge in [-0.25, -0.2) is 8.42 Å². The first kappa shape index (κ1) is 21.5. The van der Waals surface area contributed by atoms with Gasteiger partial charge in [0.1, 0.15) is 18.2 Å². The zero-order valence-corrected chi connectivity index (χ0v) is 17.5. The molecule has 3 rings (SSSR count). The van der Waals surface area contributed by atoms with Gasteiger partial charge in [-0.15, -0.1) is 0 Å². The van der Waals surface area contributed by atoms with Gasteiger partial charge in [0.15, 0.2) is 5.78 Å². The maximum Gasteiger partial charge on any atom is 0.308 e. The molecule has 0 bridgehead atoms. The summed E-state index contributed by atoms with van der Waals surface area (Å²) in [6.07, 6.45) is -0.0240. The van der Waals surface area contributed by atoms with Crippen molar-refractivity contribution in [3.8, 4) is 5.75 Å². The van der Waals surface area contributed by atoms with Gasteiger partial charge in [0.05, 0.1) is 24.5 Å². The number of rotatable bonds is 8.